The Balaban J connectivity index is 1.81. The second-order valence-corrected chi connectivity index (χ2v) is 9.72. The zero-order valence-electron chi connectivity index (χ0n) is 18.2. The fourth-order valence-corrected chi connectivity index (χ4v) is 5.19. The summed E-state index contributed by atoms with van der Waals surface area (Å²) in [6, 6.07) is 5.48. The van der Waals surface area contributed by atoms with Gasteiger partial charge in [0.05, 0.1) is 10.5 Å². The first-order valence-electron chi connectivity index (χ1n) is 9.93. The number of thiophene rings is 1. The smallest absolute Gasteiger partial charge is 0.274 e. The Hall–Kier alpha value is -2.21. The topological polar surface area (TPSA) is 90.7 Å². The molecule has 0 saturated heterocycles. The van der Waals surface area contributed by atoms with Crippen molar-refractivity contribution in [2.75, 3.05) is 32.9 Å². The zero-order valence-corrected chi connectivity index (χ0v) is 19.9. The van der Waals surface area contributed by atoms with E-state index in [0.29, 0.717) is 12.3 Å². The molecule has 0 radical (unpaired) electrons. The minimum Gasteiger partial charge on any atom is -0.386 e. The first-order valence-corrected chi connectivity index (χ1v) is 11.9. The number of benzene rings is 1. The van der Waals surface area contributed by atoms with E-state index in [1.165, 1.54) is 21.4 Å². The van der Waals surface area contributed by atoms with Crippen molar-refractivity contribution in [1.82, 2.24) is 15.5 Å². The number of nitrogens with zero attached hydrogens (tertiary/aromatic N) is 2. The molecule has 0 fully saturated rings. The van der Waals surface area contributed by atoms with Crippen LogP contribution in [0.5, 0.6) is 0 Å². The largest absolute Gasteiger partial charge is 0.386 e. The highest BCUT2D eigenvalue weighted by atomic mass is 32.2. The number of aliphatic hydroxyl groups excluding tert-OH is 1. The van der Waals surface area contributed by atoms with Gasteiger partial charge in [-0.1, -0.05) is 6.07 Å². The highest BCUT2D eigenvalue weighted by Gasteiger charge is 2.18. The molecule has 0 amide bonds. The van der Waals surface area contributed by atoms with Crippen molar-refractivity contribution >= 4 is 23.1 Å². The fourth-order valence-electron chi connectivity index (χ4n) is 2.93. The number of halogens is 2. The summed E-state index contributed by atoms with van der Waals surface area (Å²) >= 11 is 3.48. The summed E-state index contributed by atoms with van der Waals surface area (Å²) in [7, 11) is 4.07. The quantitative estimate of drug-likeness (QED) is 0.226. The Labute approximate surface area is 194 Å². The predicted molar refractivity (Wildman–Crippen MR) is 125 cm³/mol. The van der Waals surface area contributed by atoms with Crippen molar-refractivity contribution in [3.63, 3.8) is 0 Å². The standard InChI is InChI=1S/C21H28F2N4O3S2/c1-14-9-15(32-19(14)11-26(2)3)13-31-8-7-24-20(12-27(29)30)25-10-18(28)21-16(22)5-4-6-17(21)23/h4-6,9,12,18,24-25,28H,7-8,10-11,13H2,1-3H3. The van der Waals surface area contributed by atoms with Crippen LogP contribution in [0, 0.1) is 28.7 Å². The minimum atomic E-state index is -1.50. The van der Waals surface area contributed by atoms with Crippen LogP contribution in [-0.2, 0) is 12.3 Å². The van der Waals surface area contributed by atoms with Crippen molar-refractivity contribution < 1.29 is 18.8 Å². The number of hydrogen-bond donors (Lipinski definition) is 3. The van der Waals surface area contributed by atoms with Gasteiger partial charge in [0.2, 0.25) is 0 Å². The average Bonchev–Trinajstić information content (AvgIpc) is 3.03. The molecular formula is C21H28F2N4O3S2. The Morgan fingerprint density at radius 1 is 1.34 bits per heavy atom. The summed E-state index contributed by atoms with van der Waals surface area (Å²) in [5.41, 5.74) is 0.804. The number of hydrogen-bond acceptors (Lipinski definition) is 8. The summed E-state index contributed by atoms with van der Waals surface area (Å²) in [6.45, 7) is 3.16. The molecule has 0 aliphatic heterocycles. The third kappa shape index (κ3) is 8.38. The third-order valence-corrected chi connectivity index (χ3v) is 6.80. The van der Waals surface area contributed by atoms with Crippen molar-refractivity contribution in [1.29, 1.82) is 0 Å². The van der Waals surface area contributed by atoms with Crippen molar-refractivity contribution in [2.45, 2.75) is 25.3 Å². The third-order valence-electron chi connectivity index (χ3n) is 4.39. The predicted octanol–water partition coefficient (Wildman–Crippen LogP) is 3.62. The maximum absolute atomic E-state index is 13.8. The number of nitro groups is 1. The molecule has 32 heavy (non-hydrogen) atoms. The Bertz CT molecular complexity index is 918. The van der Waals surface area contributed by atoms with Crippen LogP contribution < -0.4 is 10.6 Å². The van der Waals surface area contributed by atoms with Gasteiger partial charge < -0.3 is 20.6 Å². The molecule has 2 rings (SSSR count). The van der Waals surface area contributed by atoms with Gasteiger partial charge in [0.1, 0.15) is 17.7 Å². The average molecular weight is 487 g/mol. The molecule has 7 nitrogen and oxygen atoms in total. The Morgan fingerprint density at radius 3 is 2.66 bits per heavy atom. The number of aliphatic hydroxyl groups is 1. The van der Waals surface area contributed by atoms with E-state index in [2.05, 4.69) is 28.5 Å². The van der Waals surface area contributed by atoms with E-state index in [1.54, 1.807) is 23.1 Å². The van der Waals surface area contributed by atoms with Crippen LogP contribution in [-0.4, -0.2) is 47.9 Å². The second-order valence-electron chi connectivity index (χ2n) is 7.40. The summed E-state index contributed by atoms with van der Waals surface area (Å²) in [5.74, 6) is -0.150. The fraction of sp³-hybridized carbons (Fsp3) is 0.429. The molecule has 0 aliphatic carbocycles. The van der Waals surface area contributed by atoms with Gasteiger partial charge in [0, 0.05) is 40.9 Å². The normalized spacial score (nSPS) is 12.8. The molecule has 1 aromatic heterocycles. The van der Waals surface area contributed by atoms with Crippen LogP contribution in [0.4, 0.5) is 8.78 Å². The van der Waals surface area contributed by atoms with E-state index >= 15 is 0 Å². The molecule has 0 bridgehead atoms. The molecule has 0 spiro atoms. The van der Waals surface area contributed by atoms with Crippen molar-refractivity contribution in [3.05, 3.63) is 78.9 Å². The molecule has 1 atom stereocenters. The maximum Gasteiger partial charge on any atom is 0.274 e. The second kappa shape index (κ2) is 12.7. The molecule has 3 N–H and O–H groups in total. The van der Waals surface area contributed by atoms with E-state index in [1.807, 2.05) is 14.1 Å². The lowest BCUT2D eigenvalue weighted by atomic mass is 10.1. The van der Waals surface area contributed by atoms with E-state index in [0.717, 1.165) is 30.6 Å². The van der Waals surface area contributed by atoms with Gasteiger partial charge in [-0.25, -0.2) is 8.78 Å². The maximum atomic E-state index is 13.8. The van der Waals surface area contributed by atoms with Crippen LogP contribution in [0.2, 0.25) is 0 Å². The van der Waals surface area contributed by atoms with E-state index < -0.39 is 28.2 Å². The van der Waals surface area contributed by atoms with Gasteiger partial charge >= 0.3 is 0 Å². The number of rotatable bonds is 13. The monoisotopic (exact) mass is 486 g/mol. The molecule has 0 saturated carbocycles. The Kier molecular flexibility index (Phi) is 10.4. The number of aryl methyl sites for hydroxylation is 1. The highest BCUT2D eigenvalue weighted by Crippen LogP contribution is 2.26. The van der Waals surface area contributed by atoms with Gasteiger partial charge in [-0.15, -0.1) is 11.3 Å². The molecular weight excluding hydrogens is 458 g/mol. The van der Waals surface area contributed by atoms with Crippen LogP contribution in [0.1, 0.15) is 27.0 Å². The summed E-state index contributed by atoms with van der Waals surface area (Å²) in [4.78, 5) is 15.0. The summed E-state index contributed by atoms with van der Waals surface area (Å²) in [5, 5.41) is 26.5. The summed E-state index contributed by atoms with van der Waals surface area (Å²) < 4.78 is 27.6. The van der Waals surface area contributed by atoms with Gasteiger partial charge in [0.25, 0.3) is 6.20 Å². The van der Waals surface area contributed by atoms with Gasteiger partial charge in [-0.05, 0) is 44.8 Å². The molecule has 1 aromatic carbocycles. The van der Waals surface area contributed by atoms with Crippen LogP contribution in [0.3, 0.4) is 0 Å². The highest BCUT2D eigenvalue weighted by molar-refractivity contribution is 7.98. The lowest BCUT2D eigenvalue weighted by Crippen LogP contribution is -2.32. The van der Waals surface area contributed by atoms with Crippen LogP contribution in [0.15, 0.2) is 36.3 Å². The van der Waals surface area contributed by atoms with Crippen LogP contribution >= 0.6 is 23.1 Å². The van der Waals surface area contributed by atoms with Gasteiger partial charge in [0.15, 0.2) is 5.82 Å². The van der Waals surface area contributed by atoms with Gasteiger partial charge in [-0.3, -0.25) is 10.1 Å². The van der Waals surface area contributed by atoms with E-state index in [-0.39, 0.29) is 12.4 Å². The van der Waals surface area contributed by atoms with Gasteiger partial charge in [-0.2, -0.15) is 11.8 Å². The van der Waals surface area contributed by atoms with Crippen molar-refractivity contribution in [2.24, 2.45) is 0 Å². The number of nitrogens with one attached hydrogen (secondary N) is 2. The lowest BCUT2D eigenvalue weighted by Gasteiger charge is -2.16. The van der Waals surface area contributed by atoms with Crippen LogP contribution in [0.25, 0.3) is 0 Å². The molecule has 1 heterocycles. The number of thioether (sulfide) groups is 1. The minimum absolute atomic E-state index is 0.0617. The molecule has 11 heteroatoms. The molecule has 176 valence electrons. The Morgan fingerprint density at radius 2 is 2.03 bits per heavy atom. The SMILES string of the molecule is Cc1cc(CSCCNC(=C[N+](=O)[O-])NCC(O)c2c(F)cccc2F)sc1CN(C)C. The molecule has 2 aromatic rings. The summed E-state index contributed by atoms with van der Waals surface area (Å²) in [6.07, 6.45) is -0.772. The molecule has 0 aliphatic rings. The van der Waals surface area contributed by atoms with Crippen molar-refractivity contribution in [3.8, 4) is 0 Å². The first-order chi connectivity index (χ1) is 15.2. The first kappa shape index (κ1) is 26.0. The lowest BCUT2D eigenvalue weighted by molar-refractivity contribution is -0.404. The van der Waals surface area contributed by atoms with E-state index in [9.17, 15) is 24.0 Å². The van der Waals surface area contributed by atoms with E-state index in [4.69, 9.17) is 0 Å². The molecule has 1 unspecified atom stereocenters. The zero-order chi connectivity index (χ0) is 23.7.